The Morgan fingerprint density at radius 1 is 0.929 bits per heavy atom. The van der Waals surface area contributed by atoms with Gasteiger partial charge in [0, 0.05) is 17.8 Å². The molecule has 1 rings (SSSR count). The van der Waals surface area contributed by atoms with Crippen molar-refractivity contribution in [1.29, 1.82) is 0 Å². The largest absolute Gasteiger partial charge is 0.760 e. The van der Waals surface area contributed by atoms with E-state index in [0.29, 0.717) is 6.54 Å². The summed E-state index contributed by atoms with van der Waals surface area (Å²) in [6.07, 6.45) is 21.2. The molecule has 0 aromatic heterocycles. The monoisotopic (exact) mass is 414 g/mol. The molecule has 0 amide bonds. The van der Waals surface area contributed by atoms with Crippen molar-refractivity contribution in [2.75, 3.05) is 6.54 Å². The molecule has 1 aliphatic heterocycles. The van der Waals surface area contributed by atoms with Gasteiger partial charge < -0.3 is 9.29 Å². The van der Waals surface area contributed by atoms with Crippen LogP contribution in [0.15, 0.2) is 11.6 Å². The third-order valence-electron chi connectivity index (χ3n) is 5.37. The van der Waals surface area contributed by atoms with E-state index in [-0.39, 0.29) is 12.1 Å². The van der Waals surface area contributed by atoms with Crippen molar-refractivity contribution in [3.05, 3.63) is 11.6 Å². The van der Waals surface area contributed by atoms with Gasteiger partial charge in [-0.1, -0.05) is 83.6 Å². The van der Waals surface area contributed by atoms with E-state index in [1.165, 1.54) is 64.2 Å². The summed E-state index contributed by atoms with van der Waals surface area (Å²) in [6, 6.07) is 0. The molecule has 1 aliphatic rings. The van der Waals surface area contributed by atoms with Crippen LogP contribution in [0.4, 0.5) is 0 Å². The summed E-state index contributed by atoms with van der Waals surface area (Å²) in [5.74, 6) is -0.156. The second kappa shape index (κ2) is 17.2. The predicted octanol–water partition coefficient (Wildman–Crippen LogP) is 5.48. The van der Waals surface area contributed by atoms with Crippen LogP contribution in [0.1, 0.15) is 110 Å². The summed E-state index contributed by atoms with van der Waals surface area (Å²) in [4.78, 5) is 11.6. The fourth-order valence-corrected chi connectivity index (χ4v) is 3.93. The molecule has 0 spiro atoms. The number of hydrogen-bond acceptors (Lipinski definition) is 4. The van der Waals surface area contributed by atoms with Gasteiger partial charge in [0.25, 0.3) is 0 Å². The van der Waals surface area contributed by atoms with Crippen LogP contribution in [-0.4, -0.2) is 27.4 Å². The second-order valence-corrected chi connectivity index (χ2v) is 8.61. The highest BCUT2D eigenvalue weighted by molar-refractivity contribution is 7.77. The van der Waals surface area contributed by atoms with Crippen LogP contribution in [-0.2, 0) is 20.8 Å². The van der Waals surface area contributed by atoms with Crippen LogP contribution in [0.2, 0.25) is 0 Å². The lowest BCUT2D eigenvalue weighted by atomic mass is 9.96. The minimum absolute atomic E-state index is 0.00983. The molecule has 1 N–H and O–H groups in total. The first-order chi connectivity index (χ1) is 13.6. The Kier molecular flexibility index (Phi) is 15.5. The quantitative estimate of drug-likeness (QED) is 0.131. The molecule has 164 valence electrons. The van der Waals surface area contributed by atoms with Gasteiger partial charge in [-0.15, -0.1) is 0 Å². The number of rotatable bonds is 19. The number of ether oxygens (including phenoxy) is 1. The molecule has 5 nitrogen and oxygen atoms in total. The minimum atomic E-state index is -2.16. The highest BCUT2D eigenvalue weighted by Gasteiger charge is 2.34. The van der Waals surface area contributed by atoms with Gasteiger partial charge >= 0.3 is 5.97 Å². The maximum absolute atomic E-state index is 11.6. The summed E-state index contributed by atoms with van der Waals surface area (Å²) in [5, 5.41) is 0. The van der Waals surface area contributed by atoms with Gasteiger partial charge in [0.2, 0.25) is 0 Å². The lowest BCUT2D eigenvalue weighted by Gasteiger charge is -2.29. The summed E-state index contributed by atoms with van der Waals surface area (Å²) >= 11 is -2.16. The lowest BCUT2D eigenvalue weighted by Crippen LogP contribution is -2.36. The van der Waals surface area contributed by atoms with E-state index in [4.69, 9.17) is 4.74 Å². The van der Waals surface area contributed by atoms with Gasteiger partial charge in [0.15, 0.2) is 0 Å². The van der Waals surface area contributed by atoms with Crippen molar-refractivity contribution < 1.29 is 18.3 Å². The van der Waals surface area contributed by atoms with Crippen LogP contribution in [0.3, 0.4) is 0 Å². The number of nitrogens with one attached hydrogen (secondary N) is 1. The van der Waals surface area contributed by atoms with E-state index in [0.717, 1.165) is 44.1 Å². The zero-order valence-corrected chi connectivity index (χ0v) is 18.5. The number of unbranched alkanes of at least 4 members (excludes halogenated alkanes) is 13. The number of allylic oxidation sites excluding steroid dienone is 1. The van der Waals surface area contributed by atoms with Gasteiger partial charge in [-0.2, -0.15) is 0 Å². The molecule has 28 heavy (non-hydrogen) atoms. The molecule has 0 radical (unpaired) electrons. The Morgan fingerprint density at radius 3 is 2.07 bits per heavy atom. The van der Waals surface area contributed by atoms with Crippen molar-refractivity contribution in [1.82, 2.24) is 4.72 Å². The Labute approximate surface area is 174 Å². The molecule has 0 bridgehead atoms. The van der Waals surface area contributed by atoms with Crippen molar-refractivity contribution in [2.45, 2.75) is 116 Å². The molecular formula is C22H40NO4S-. The molecular weight excluding hydrogens is 374 g/mol. The Hall–Kier alpha value is -0.720. The smallest absolute Gasteiger partial charge is 0.338 e. The first kappa shape index (κ1) is 25.3. The summed E-state index contributed by atoms with van der Waals surface area (Å²) in [6.45, 7) is 2.74. The molecule has 0 saturated carbocycles. The van der Waals surface area contributed by atoms with Crippen LogP contribution in [0, 0.1) is 0 Å². The minimum Gasteiger partial charge on any atom is -0.760 e. The first-order valence-electron chi connectivity index (χ1n) is 11.4. The summed E-state index contributed by atoms with van der Waals surface area (Å²) in [7, 11) is 0. The summed E-state index contributed by atoms with van der Waals surface area (Å²) in [5.41, 5.74) is 0.853. The van der Waals surface area contributed by atoms with Crippen molar-refractivity contribution in [2.24, 2.45) is 0 Å². The van der Waals surface area contributed by atoms with E-state index in [1.807, 2.05) is 6.08 Å². The lowest BCUT2D eigenvalue weighted by molar-refractivity contribution is -0.156. The molecule has 1 heterocycles. The molecule has 6 heteroatoms. The fourth-order valence-electron chi connectivity index (χ4n) is 3.62. The maximum Gasteiger partial charge on any atom is 0.338 e. The van der Waals surface area contributed by atoms with E-state index < -0.39 is 11.3 Å². The number of cyclic esters (lactones) is 1. The van der Waals surface area contributed by atoms with Crippen molar-refractivity contribution in [3.8, 4) is 0 Å². The topological polar surface area (TPSA) is 78.5 Å². The Balaban J connectivity index is 1.95. The number of carbonyl (C=O) groups excluding carboxylic acids is 1. The van der Waals surface area contributed by atoms with Gasteiger partial charge in [-0.05, 0) is 32.1 Å². The number of hydrogen-bond donors (Lipinski definition) is 1. The Morgan fingerprint density at radius 2 is 1.50 bits per heavy atom. The molecule has 2 unspecified atom stereocenters. The van der Waals surface area contributed by atoms with Crippen molar-refractivity contribution in [3.63, 3.8) is 0 Å². The van der Waals surface area contributed by atoms with E-state index in [1.54, 1.807) is 0 Å². The van der Waals surface area contributed by atoms with Crippen LogP contribution in [0.25, 0.3) is 0 Å². The molecule has 1 saturated heterocycles. The van der Waals surface area contributed by atoms with Crippen LogP contribution < -0.4 is 4.72 Å². The number of esters is 1. The third-order valence-corrected chi connectivity index (χ3v) is 5.81. The van der Waals surface area contributed by atoms with Crippen LogP contribution in [0.5, 0.6) is 0 Å². The van der Waals surface area contributed by atoms with Gasteiger partial charge in [-0.3, -0.25) is 4.21 Å². The van der Waals surface area contributed by atoms with E-state index >= 15 is 0 Å². The first-order valence-corrected chi connectivity index (χ1v) is 12.5. The molecule has 2 atom stereocenters. The molecule has 0 aliphatic carbocycles. The SMILES string of the molecule is CCCCCCCCCCCCCC1OC(=O)/C1=C\CCCCCNS(=O)[O-]. The zero-order chi connectivity index (χ0) is 20.5. The average Bonchev–Trinajstić information content (AvgIpc) is 2.66. The highest BCUT2D eigenvalue weighted by atomic mass is 32.2. The van der Waals surface area contributed by atoms with Gasteiger partial charge in [-0.25, -0.2) is 9.52 Å². The second-order valence-electron chi connectivity index (χ2n) is 7.86. The van der Waals surface area contributed by atoms with E-state index in [2.05, 4.69) is 11.6 Å². The molecule has 0 aromatic rings. The highest BCUT2D eigenvalue weighted by Crippen LogP contribution is 2.27. The van der Waals surface area contributed by atoms with Gasteiger partial charge in [0.05, 0.1) is 5.57 Å². The third kappa shape index (κ3) is 12.7. The van der Waals surface area contributed by atoms with Gasteiger partial charge in [0.1, 0.15) is 6.10 Å². The molecule has 1 fully saturated rings. The summed E-state index contributed by atoms with van der Waals surface area (Å²) < 4.78 is 28.3. The standard InChI is InChI=1S/C22H41NO4S/c1-2-3-4-5-6-7-8-9-10-11-15-18-21-20(22(24)27-21)17-14-12-13-16-19-23-28(25)26/h17,21,23H,2-16,18-19H2,1H3,(H,25,26)/p-1/b20-17-. The predicted molar refractivity (Wildman–Crippen MR) is 114 cm³/mol. The molecule has 0 aromatic carbocycles. The van der Waals surface area contributed by atoms with E-state index in [9.17, 15) is 13.6 Å². The maximum atomic E-state index is 11.6. The van der Waals surface area contributed by atoms with Crippen LogP contribution >= 0.6 is 0 Å². The number of carbonyl (C=O) groups is 1. The van der Waals surface area contributed by atoms with Crippen molar-refractivity contribution >= 4 is 17.2 Å². The fraction of sp³-hybridized carbons (Fsp3) is 0.864. The zero-order valence-electron chi connectivity index (χ0n) is 17.7. The Bertz CT molecular complexity index is 467. The normalized spacial score (nSPS) is 18.9. The average molecular weight is 415 g/mol.